The quantitative estimate of drug-likeness (QED) is 0.566. The number of ether oxygens (including phenoxy) is 1. The van der Waals surface area contributed by atoms with Crippen LogP contribution in [-0.2, 0) is 22.5 Å². The SMILES string of the molecule is C#CCOC1CCC(N(Cc2conc2CC)C(=O)CCl)CC1. The normalized spacial score (nSPS) is 20.9. The van der Waals surface area contributed by atoms with Crippen molar-refractivity contribution in [3.8, 4) is 12.3 Å². The number of carbonyl (C=O) groups is 1. The monoisotopic (exact) mass is 338 g/mol. The smallest absolute Gasteiger partial charge is 0.238 e. The van der Waals surface area contributed by atoms with Gasteiger partial charge < -0.3 is 14.2 Å². The lowest BCUT2D eigenvalue weighted by Crippen LogP contribution is -2.43. The molecular formula is C17H23ClN2O3. The van der Waals surface area contributed by atoms with Crippen molar-refractivity contribution in [2.45, 2.75) is 57.7 Å². The summed E-state index contributed by atoms with van der Waals surface area (Å²) < 4.78 is 10.6. The van der Waals surface area contributed by atoms with E-state index in [0.29, 0.717) is 13.2 Å². The van der Waals surface area contributed by atoms with E-state index in [0.717, 1.165) is 43.4 Å². The van der Waals surface area contributed by atoms with Crippen LogP contribution in [0.2, 0.25) is 0 Å². The lowest BCUT2D eigenvalue weighted by Gasteiger charge is -2.36. The van der Waals surface area contributed by atoms with Gasteiger partial charge in [0.1, 0.15) is 18.8 Å². The lowest BCUT2D eigenvalue weighted by molar-refractivity contribution is -0.132. The second-order valence-corrected chi connectivity index (χ2v) is 6.01. The Labute approximate surface area is 142 Å². The van der Waals surface area contributed by atoms with E-state index in [1.807, 2.05) is 11.8 Å². The molecule has 0 saturated heterocycles. The Morgan fingerprint density at radius 1 is 1.52 bits per heavy atom. The van der Waals surface area contributed by atoms with Crippen molar-refractivity contribution in [2.24, 2.45) is 0 Å². The number of amides is 1. The number of carbonyl (C=O) groups excluding carboxylic acids is 1. The average molecular weight is 339 g/mol. The first-order valence-corrected chi connectivity index (χ1v) is 8.55. The van der Waals surface area contributed by atoms with Gasteiger partial charge in [0, 0.05) is 11.6 Å². The zero-order valence-electron chi connectivity index (χ0n) is 13.5. The fourth-order valence-corrected chi connectivity index (χ4v) is 3.22. The Morgan fingerprint density at radius 3 is 2.87 bits per heavy atom. The lowest BCUT2D eigenvalue weighted by atomic mass is 9.91. The van der Waals surface area contributed by atoms with E-state index in [9.17, 15) is 4.79 Å². The van der Waals surface area contributed by atoms with Crippen molar-refractivity contribution in [1.82, 2.24) is 10.1 Å². The second kappa shape index (κ2) is 8.95. The molecular weight excluding hydrogens is 316 g/mol. The molecule has 126 valence electrons. The molecule has 1 aliphatic carbocycles. The third kappa shape index (κ3) is 4.73. The summed E-state index contributed by atoms with van der Waals surface area (Å²) in [5.74, 6) is 2.43. The Bertz CT molecular complexity index is 544. The van der Waals surface area contributed by atoms with Gasteiger partial charge >= 0.3 is 0 Å². The van der Waals surface area contributed by atoms with Crippen molar-refractivity contribution in [3.05, 3.63) is 17.5 Å². The van der Waals surface area contributed by atoms with Crippen molar-refractivity contribution in [3.63, 3.8) is 0 Å². The van der Waals surface area contributed by atoms with Gasteiger partial charge in [0.25, 0.3) is 0 Å². The minimum Gasteiger partial charge on any atom is -0.366 e. The molecule has 5 nitrogen and oxygen atoms in total. The highest BCUT2D eigenvalue weighted by Crippen LogP contribution is 2.27. The number of aryl methyl sites for hydroxylation is 1. The molecule has 6 heteroatoms. The van der Waals surface area contributed by atoms with Gasteiger partial charge in [-0.05, 0) is 32.1 Å². The van der Waals surface area contributed by atoms with Crippen LogP contribution in [0, 0.1) is 12.3 Å². The third-order valence-corrected chi connectivity index (χ3v) is 4.55. The highest BCUT2D eigenvalue weighted by molar-refractivity contribution is 6.27. The predicted molar refractivity (Wildman–Crippen MR) is 88.0 cm³/mol. The fraction of sp³-hybridized carbons (Fsp3) is 0.647. The van der Waals surface area contributed by atoms with Gasteiger partial charge in [-0.15, -0.1) is 18.0 Å². The molecule has 0 bridgehead atoms. The Morgan fingerprint density at radius 2 is 2.26 bits per heavy atom. The molecule has 1 aliphatic rings. The van der Waals surface area contributed by atoms with Gasteiger partial charge in [0.05, 0.1) is 18.3 Å². The van der Waals surface area contributed by atoms with E-state index < -0.39 is 0 Å². The van der Waals surface area contributed by atoms with Crippen LogP contribution in [0.4, 0.5) is 0 Å². The van der Waals surface area contributed by atoms with Gasteiger partial charge in [-0.2, -0.15) is 0 Å². The first kappa shape index (κ1) is 17.8. The molecule has 2 rings (SSSR count). The Kier molecular flexibility index (Phi) is 6.94. The highest BCUT2D eigenvalue weighted by Gasteiger charge is 2.29. The zero-order chi connectivity index (χ0) is 16.7. The molecule has 0 radical (unpaired) electrons. The predicted octanol–water partition coefficient (Wildman–Crippen LogP) is 2.77. The number of rotatable bonds is 7. The number of hydrogen-bond donors (Lipinski definition) is 0. The van der Waals surface area contributed by atoms with E-state index in [4.69, 9.17) is 27.3 Å². The number of halogens is 1. The van der Waals surface area contributed by atoms with E-state index in [1.54, 1.807) is 6.26 Å². The average Bonchev–Trinajstić information content (AvgIpc) is 3.05. The molecule has 0 unspecified atom stereocenters. The largest absolute Gasteiger partial charge is 0.366 e. The molecule has 1 fully saturated rings. The minimum atomic E-state index is -0.0529. The first-order chi connectivity index (χ1) is 11.2. The summed E-state index contributed by atoms with van der Waals surface area (Å²) >= 11 is 5.80. The molecule has 0 spiro atoms. The summed E-state index contributed by atoms with van der Waals surface area (Å²) in [7, 11) is 0. The molecule has 0 aromatic carbocycles. The summed E-state index contributed by atoms with van der Waals surface area (Å²) in [4.78, 5) is 14.1. The summed E-state index contributed by atoms with van der Waals surface area (Å²) in [6.07, 6.45) is 11.4. The zero-order valence-corrected chi connectivity index (χ0v) is 14.2. The second-order valence-electron chi connectivity index (χ2n) is 5.74. The van der Waals surface area contributed by atoms with Crippen LogP contribution < -0.4 is 0 Å². The van der Waals surface area contributed by atoms with Crippen LogP contribution in [0.15, 0.2) is 10.8 Å². The molecule has 1 aromatic rings. The van der Waals surface area contributed by atoms with Crippen LogP contribution in [0.3, 0.4) is 0 Å². The van der Waals surface area contributed by atoms with E-state index in [1.165, 1.54) is 0 Å². The molecule has 1 heterocycles. The topological polar surface area (TPSA) is 55.6 Å². The summed E-state index contributed by atoms with van der Waals surface area (Å²) in [5.41, 5.74) is 1.85. The van der Waals surface area contributed by atoms with E-state index in [-0.39, 0.29) is 23.9 Å². The standard InChI is InChI=1S/C17H23ClN2O3/c1-3-9-22-15-7-5-14(6-8-15)20(17(21)10-18)11-13-12-23-19-16(13)4-2/h1,12,14-15H,4-11H2,2H3. The Balaban J connectivity index is 2.00. The Hall–Kier alpha value is -1.51. The van der Waals surface area contributed by atoms with Crippen LogP contribution in [0.5, 0.6) is 0 Å². The molecule has 1 amide bonds. The molecule has 1 aromatic heterocycles. The van der Waals surface area contributed by atoms with Gasteiger partial charge in [0.2, 0.25) is 5.91 Å². The van der Waals surface area contributed by atoms with E-state index >= 15 is 0 Å². The van der Waals surface area contributed by atoms with Crippen LogP contribution in [0.25, 0.3) is 0 Å². The number of aromatic nitrogens is 1. The van der Waals surface area contributed by atoms with Crippen molar-refractivity contribution >= 4 is 17.5 Å². The van der Waals surface area contributed by atoms with E-state index in [2.05, 4.69) is 11.1 Å². The van der Waals surface area contributed by atoms with Crippen LogP contribution >= 0.6 is 11.6 Å². The third-order valence-electron chi connectivity index (χ3n) is 4.33. The fourth-order valence-electron chi connectivity index (χ4n) is 3.07. The van der Waals surface area contributed by atoms with Gasteiger partial charge in [-0.3, -0.25) is 4.79 Å². The van der Waals surface area contributed by atoms with Crippen LogP contribution in [0.1, 0.15) is 43.9 Å². The summed E-state index contributed by atoms with van der Waals surface area (Å²) in [5, 5.41) is 3.98. The van der Waals surface area contributed by atoms with Gasteiger partial charge in [0.15, 0.2) is 0 Å². The molecule has 0 atom stereocenters. The maximum Gasteiger partial charge on any atom is 0.238 e. The molecule has 0 aliphatic heterocycles. The number of terminal acetylenes is 1. The molecule has 1 saturated carbocycles. The maximum atomic E-state index is 12.3. The maximum absolute atomic E-state index is 12.3. The van der Waals surface area contributed by atoms with Crippen molar-refractivity contribution in [2.75, 3.05) is 12.5 Å². The number of hydrogen-bond acceptors (Lipinski definition) is 4. The highest BCUT2D eigenvalue weighted by atomic mass is 35.5. The molecule has 0 N–H and O–H groups in total. The number of alkyl halides is 1. The van der Waals surface area contributed by atoms with Crippen LogP contribution in [-0.4, -0.2) is 40.6 Å². The minimum absolute atomic E-state index is 0.0136. The van der Waals surface area contributed by atoms with Gasteiger partial charge in [-0.25, -0.2) is 0 Å². The summed E-state index contributed by atoms with van der Waals surface area (Å²) in [6.45, 7) is 2.86. The van der Waals surface area contributed by atoms with Crippen molar-refractivity contribution < 1.29 is 14.1 Å². The summed E-state index contributed by atoms with van der Waals surface area (Å²) in [6, 6.07) is 0.173. The van der Waals surface area contributed by atoms with Crippen molar-refractivity contribution in [1.29, 1.82) is 0 Å². The van der Waals surface area contributed by atoms with Gasteiger partial charge in [-0.1, -0.05) is 18.0 Å². The number of nitrogens with zero attached hydrogens (tertiary/aromatic N) is 2. The first-order valence-electron chi connectivity index (χ1n) is 8.02. The molecule has 23 heavy (non-hydrogen) atoms.